The molecule has 0 aliphatic rings. The lowest BCUT2D eigenvalue weighted by Gasteiger charge is -2.13. The number of rotatable bonds is 4. The van der Waals surface area contributed by atoms with Gasteiger partial charge in [0.25, 0.3) is 0 Å². The number of carbonyl (C=O) groups excluding carboxylic acids is 1. The van der Waals surface area contributed by atoms with Crippen LogP contribution in [0.5, 0.6) is 5.75 Å². The third kappa shape index (κ3) is 3.30. The molecular weight excluding hydrogens is 297 g/mol. The number of ether oxygens (including phenoxy) is 1. The fourth-order valence-electron chi connectivity index (χ4n) is 1.72. The van der Waals surface area contributed by atoms with Gasteiger partial charge in [-0.25, -0.2) is 4.98 Å². The normalized spacial score (nSPS) is 10.7. The van der Waals surface area contributed by atoms with Crippen LogP contribution < -0.4 is 4.74 Å². The number of hydrogen-bond acceptors (Lipinski definition) is 3. The van der Waals surface area contributed by atoms with Gasteiger partial charge in [-0.2, -0.15) is 0 Å². The molecule has 0 N–H and O–H groups in total. The van der Waals surface area contributed by atoms with Crippen molar-refractivity contribution in [3.8, 4) is 5.75 Å². The van der Waals surface area contributed by atoms with Gasteiger partial charge in [-0.3, -0.25) is 4.79 Å². The second-order valence-corrected chi connectivity index (χ2v) is 5.32. The Labute approximate surface area is 127 Å². The zero-order chi connectivity index (χ0) is 14.7. The molecule has 2 rings (SSSR count). The zero-order valence-electron chi connectivity index (χ0n) is 11.1. The summed E-state index contributed by atoms with van der Waals surface area (Å²) in [6, 6.07) is 8.51. The summed E-state index contributed by atoms with van der Waals surface area (Å²) < 4.78 is 5.63. The molecule has 1 aromatic carbocycles. The molecule has 5 heteroatoms. The SMILES string of the molecule is CC(C)Oc1ccccc1C(=O)c1ncc(Cl)cc1Cl. The number of ketones is 1. The number of benzene rings is 1. The molecule has 0 bridgehead atoms. The molecule has 3 nitrogen and oxygen atoms in total. The van der Waals surface area contributed by atoms with Gasteiger partial charge in [0.05, 0.1) is 21.7 Å². The topological polar surface area (TPSA) is 39.2 Å². The van der Waals surface area contributed by atoms with Crippen molar-refractivity contribution in [1.29, 1.82) is 0 Å². The second kappa shape index (κ2) is 6.25. The van der Waals surface area contributed by atoms with Crippen molar-refractivity contribution in [3.63, 3.8) is 0 Å². The molecule has 1 aromatic heterocycles. The lowest BCUT2D eigenvalue weighted by atomic mass is 10.1. The first-order valence-electron chi connectivity index (χ1n) is 6.10. The van der Waals surface area contributed by atoms with Gasteiger partial charge in [0, 0.05) is 6.20 Å². The minimum Gasteiger partial charge on any atom is -0.490 e. The zero-order valence-corrected chi connectivity index (χ0v) is 12.6. The quantitative estimate of drug-likeness (QED) is 0.785. The summed E-state index contributed by atoms with van der Waals surface area (Å²) in [5.41, 5.74) is 0.591. The summed E-state index contributed by atoms with van der Waals surface area (Å²) >= 11 is 11.8. The Balaban J connectivity index is 2.43. The highest BCUT2D eigenvalue weighted by molar-refractivity contribution is 6.37. The summed E-state index contributed by atoms with van der Waals surface area (Å²) in [5, 5.41) is 0.611. The van der Waals surface area contributed by atoms with Crippen LogP contribution in [0.3, 0.4) is 0 Å². The maximum Gasteiger partial charge on any atom is 0.216 e. The Morgan fingerprint density at radius 2 is 1.95 bits per heavy atom. The molecule has 0 saturated heterocycles. The number of hydrogen-bond donors (Lipinski definition) is 0. The minimum atomic E-state index is -0.289. The molecule has 0 aliphatic carbocycles. The number of nitrogens with zero attached hydrogens (tertiary/aromatic N) is 1. The molecule has 0 amide bonds. The summed E-state index contributed by atoms with van der Waals surface area (Å²) in [6.07, 6.45) is 1.37. The monoisotopic (exact) mass is 309 g/mol. The van der Waals surface area contributed by atoms with Gasteiger partial charge >= 0.3 is 0 Å². The average molecular weight is 310 g/mol. The molecule has 0 unspecified atom stereocenters. The van der Waals surface area contributed by atoms with Crippen LogP contribution in [0.4, 0.5) is 0 Å². The van der Waals surface area contributed by atoms with E-state index in [1.807, 2.05) is 19.9 Å². The average Bonchev–Trinajstić information content (AvgIpc) is 2.38. The van der Waals surface area contributed by atoms with Crippen molar-refractivity contribution in [3.05, 3.63) is 57.8 Å². The van der Waals surface area contributed by atoms with Crippen molar-refractivity contribution in [2.75, 3.05) is 0 Å². The largest absolute Gasteiger partial charge is 0.490 e. The van der Waals surface area contributed by atoms with Gasteiger partial charge in [0.2, 0.25) is 5.78 Å². The number of halogens is 2. The number of pyridine rings is 1. The van der Waals surface area contributed by atoms with Gasteiger partial charge in [0.1, 0.15) is 11.4 Å². The Kier molecular flexibility index (Phi) is 4.63. The van der Waals surface area contributed by atoms with Crippen LogP contribution >= 0.6 is 23.2 Å². The Morgan fingerprint density at radius 3 is 2.60 bits per heavy atom. The summed E-state index contributed by atoms with van der Waals surface area (Å²) in [7, 11) is 0. The first-order valence-corrected chi connectivity index (χ1v) is 6.86. The standard InChI is InChI=1S/C15H13Cl2NO2/c1-9(2)20-13-6-4-3-5-11(13)15(19)14-12(17)7-10(16)8-18-14/h3-9H,1-2H3. The van der Waals surface area contributed by atoms with E-state index in [0.29, 0.717) is 16.3 Å². The van der Waals surface area contributed by atoms with E-state index in [1.54, 1.807) is 18.2 Å². The van der Waals surface area contributed by atoms with E-state index >= 15 is 0 Å². The number of para-hydroxylation sites is 1. The van der Waals surface area contributed by atoms with Gasteiger partial charge in [-0.1, -0.05) is 35.3 Å². The smallest absolute Gasteiger partial charge is 0.216 e. The summed E-state index contributed by atoms with van der Waals surface area (Å²) in [5.74, 6) is 0.225. The van der Waals surface area contributed by atoms with Crippen LogP contribution in [0, 0.1) is 0 Å². The fourth-order valence-corrected chi connectivity index (χ4v) is 2.19. The van der Waals surface area contributed by atoms with Gasteiger partial charge in [-0.05, 0) is 32.0 Å². The molecule has 0 radical (unpaired) electrons. The maximum absolute atomic E-state index is 12.5. The van der Waals surface area contributed by atoms with Crippen LogP contribution in [-0.2, 0) is 0 Å². The number of aromatic nitrogens is 1. The van der Waals surface area contributed by atoms with Crippen LogP contribution in [0.25, 0.3) is 0 Å². The molecule has 104 valence electrons. The van der Waals surface area contributed by atoms with E-state index in [2.05, 4.69) is 4.98 Å². The first kappa shape index (κ1) is 14.8. The van der Waals surface area contributed by atoms with Gasteiger partial charge in [-0.15, -0.1) is 0 Å². The second-order valence-electron chi connectivity index (χ2n) is 4.48. The molecule has 0 aliphatic heterocycles. The highest BCUT2D eigenvalue weighted by atomic mass is 35.5. The Bertz CT molecular complexity index is 642. The van der Waals surface area contributed by atoms with E-state index < -0.39 is 0 Å². The molecule has 20 heavy (non-hydrogen) atoms. The van der Waals surface area contributed by atoms with Crippen molar-refractivity contribution >= 4 is 29.0 Å². The van der Waals surface area contributed by atoms with Gasteiger partial charge < -0.3 is 4.74 Å². The highest BCUT2D eigenvalue weighted by Crippen LogP contribution is 2.26. The molecule has 1 heterocycles. The third-order valence-corrected chi connectivity index (χ3v) is 3.01. The van der Waals surface area contributed by atoms with Crippen molar-refractivity contribution in [2.45, 2.75) is 20.0 Å². The van der Waals surface area contributed by atoms with Crippen molar-refractivity contribution in [1.82, 2.24) is 4.98 Å². The van der Waals surface area contributed by atoms with Crippen LogP contribution in [-0.4, -0.2) is 16.9 Å². The van der Waals surface area contributed by atoms with Crippen molar-refractivity contribution in [2.24, 2.45) is 0 Å². The van der Waals surface area contributed by atoms with E-state index in [4.69, 9.17) is 27.9 Å². The molecule has 0 fully saturated rings. The minimum absolute atomic E-state index is 0.0300. The van der Waals surface area contributed by atoms with Crippen molar-refractivity contribution < 1.29 is 9.53 Å². The predicted molar refractivity (Wildman–Crippen MR) is 79.9 cm³/mol. The molecule has 2 aromatic rings. The first-order chi connectivity index (χ1) is 9.49. The third-order valence-electron chi connectivity index (χ3n) is 2.52. The lowest BCUT2D eigenvalue weighted by molar-refractivity contribution is 0.102. The fraction of sp³-hybridized carbons (Fsp3) is 0.200. The molecule has 0 atom stereocenters. The highest BCUT2D eigenvalue weighted by Gasteiger charge is 2.19. The molecule has 0 spiro atoms. The summed E-state index contributed by atoms with van der Waals surface area (Å²) in [4.78, 5) is 16.5. The molecular formula is C15H13Cl2NO2. The van der Waals surface area contributed by atoms with E-state index in [9.17, 15) is 4.79 Å². The van der Waals surface area contributed by atoms with E-state index in [1.165, 1.54) is 12.3 Å². The summed E-state index contributed by atoms with van der Waals surface area (Å²) in [6.45, 7) is 3.80. The van der Waals surface area contributed by atoms with Crippen LogP contribution in [0.15, 0.2) is 36.5 Å². The predicted octanol–water partition coefficient (Wildman–Crippen LogP) is 4.41. The van der Waals surface area contributed by atoms with Crippen LogP contribution in [0.2, 0.25) is 10.0 Å². The Hall–Kier alpha value is -1.58. The van der Waals surface area contributed by atoms with E-state index in [-0.39, 0.29) is 22.6 Å². The van der Waals surface area contributed by atoms with Gasteiger partial charge in [0.15, 0.2) is 0 Å². The Morgan fingerprint density at radius 1 is 1.25 bits per heavy atom. The molecule has 0 saturated carbocycles. The maximum atomic E-state index is 12.5. The van der Waals surface area contributed by atoms with Crippen LogP contribution in [0.1, 0.15) is 29.9 Å². The number of carbonyl (C=O) groups is 1. The lowest BCUT2D eigenvalue weighted by Crippen LogP contribution is -2.11. The van der Waals surface area contributed by atoms with E-state index in [0.717, 1.165) is 0 Å².